The largest absolute Gasteiger partial charge is 0.435 e. The molecule has 1 heterocycles. The smallest absolute Gasteiger partial charge is 0.387 e. The van der Waals surface area contributed by atoms with Gasteiger partial charge in [0, 0.05) is 29.8 Å². The number of ketones is 1. The van der Waals surface area contributed by atoms with Gasteiger partial charge in [0.15, 0.2) is 5.78 Å². The summed E-state index contributed by atoms with van der Waals surface area (Å²) >= 11 is 0. The van der Waals surface area contributed by atoms with Gasteiger partial charge in [-0.3, -0.25) is 23.9 Å². The summed E-state index contributed by atoms with van der Waals surface area (Å²) in [6.45, 7) is -3.13. The van der Waals surface area contributed by atoms with Crippen LogP contribution in [0.5, 0.6) is 5.75 Å². The number of nitrogens with zero attached hydrogens (tertiary/aromatic N) is 1. The van der Waals surface area contributed by atoms with E-state index < -0.39 is 24.0 Å². The van der Waals surface area contributed by atoms with Gasteiger partial charge in [0.1, 0.15) is 5.75 Å². The first kappa shape index (κ1) is 21.4. The van der Waals surface area contributed by atoms with E-state index in [-0.39, 0.29) is 36.4 Å². The first-order valence-electron chi connectivity index (χ1n) is 9.55. The average molecular weight is 421 g/mol. The van der Waals surface area contributed by atoms with Crippen LogP contribution in [0.15, 0.2) is 33.9 Å². The molecule has 10 heteroatoms. The van der Waals surface area contributed by atoms with Gasteiger partial charge in [0.05, 0.1) is 6.54 Å². The van der Waals surface area contributed by atoms with Crippen LogP contribution in [0.1, 0.15) is 40.9 Å². The number of rotatable bonds is 8. The molecule has 0 saturated carbocycles. The van der Waals surface area contributed by atoms with Crippen molar-refractivity contribution in [2.75, 3.05) is 6.54 Å². The summed E-state index contributed by atoms with van der Waals surface area (Å²) in [4.78, 5) is 50.6. The summed E-state index contributed by atoms with van der Waals surface area (Å²) in [6, 6.07) is 5.15. The van der Waals surface area contributed by atoms with E-state index in [4.69, 9.17) is 0 Å². The number of H-pyrrole nitrogens is 1. The lowest BCUT2D eigenvalue weighted by atomic mass is 9.97. The van der Waals surface area contributed by atoms with Crippen LogP contribution in [0.4, 0.5) is 8.78 Å². The van der Waals surface area contributed by atoms with E-state index in [9.17, 15) is 28.0 Å². The number of benzene rings is 1. The molecule has 0 radical (unpaired) electrons. The topological polar surface area (TPSA) is 110 Å². The van der Waals surface area contributed by atoms with E-state index in [1.807, 2.05) is 0 Å². The van der Waals surface area contributed by atoms with Crippen molar-refractivity contribution >= 4 is 11.7 Å². The molecule has 1 aliphatic rings. The van der Waals surface area contributed by atoms with Crippen LogP contribution < -0.4 is 21.3 Å². The second-order valence-corrected chi connectivity index (χ2v) is 6.90. The molecule has 0 spiro atoms. The van der Waals surface area contributed by atoms with Gasteiger partial charge < -0.3 is 10.1 Å². The van der Waals surface area contributed by atoms with Crippen LogP contribution >= 0.6 is 0 Å². The molecule has 0 atom stereocenters. The summed E-state index contributed by atoms with van der Waals surface area (Å²) in [5.74, 6) is -0.894. The van der Waals surface area contributed by atoms with Gasteiger partial charge in [-0.15, -0.1) is 0 Å². The molecule has 1 aliphatic carbocycles. The molecule has 0 unspecified atom stereocenters. The lowest BCUT2D eigenvalue weighted by Crippen LogP contribution is -2.38. The number of nitrogens with one attached hydrogen (secondary N) is 2. The SMILES string of the molecule is O=C(CCn1c2c(c(=O)[nH]c1=O)CCCC2)NCC(=O)c1ccc(OC(F)F)cc1. The Morgan fingerprint density at radius 3 is 2.53 bits per heavy atom. The fraction of sp³-hybridized carbons (Fsp3) is 0.400. The Hall–Kier alpha value is -3.30. The molecular weight excluding hydrogens is 400 g/mol. The van der Waals surface area contributed by atoms with Gasteiger partial charge >= 0.3 is 12.3 Å². The number of alkyl halides is 2. The number of carbonyl (C=O) groups is 2. The van der Waals surface area contributed by atoms with E-state index in [0.29, 0.717) is 24.1 Å². The molecule has 160 valence electrons. The standard InChI is InChI=1S/C20H21F2N3O5/c21-19(22)30-13-7-5-12(6-8-13)16(26)11-23-17(27)9-10-25-15-4-2-1-3-14(15)18(28)24-20(25)29/h5-8,19H,1-4,9-11H2,(H,23,27)(H,24,28,29). The number of amides is 1. The molecule has 1 amide bonds. The molecule has 0 saturated heterocycles. The molecule has 8 nitrogen and oxygen atoms in total. The van der Waals surface area contributed by atoms with Crippen LogP contribution in [0.3, 0.4) is 0 Å². The third-order valence-electron chi connectivity index (χ3n) is 4.91. The second-order valence-electron chi connectivity index (χ2n) is 6.90. The predicted octanol–water partition coefficient (Wildman–Crippen LogP) is 1.41. The molecule has 0 bridgehead atoms. The van der Waals surface area contributed by atoms with Crippen LogP contribution in [0, 0.1) is 0 Å². The Kier molecular flexibility index (Phi) is 6.76. The minimum Gasteiger partial charge on any atom is -0.435 e. The lowest BCUT2D eigenvalue weighted by Gasteiger charge is -2.19. The number of fused-ring (bicyclic) bond motifs is 1. The Labute approximate surface area is 169 Å². The maximum Gasteiger partial charge on any atom is 0.387 e. The summed E-state index contributed by atoms with van der Waals surface area (Å²) in [5.41, 5.74) is 0.588. The van der Waals surface area contributed by atoms with Crippen LogP contribution in [-0.2, 0) is 24.2 Å². The number of aromatic amines is 1. The molecule has 2 N–H and O–H groups in total. The highest BCUT2D eigenvalue weighted by molar-refractivity contribution is 5.99. The van der Waals surface area contributed by atoms with Gasteiger partial charge in [0.2, 0.25) is 5.91 Å². The Morgan fingerprint density at radius 1 is 1.13 bits per heavy atom. The van der Waals surface area contributed by atoms with Crippen molar-refractivity contribution in [2.24, 2.45) is 0 Å². The summed E-state index contributed by atoms with van der Waals surface area (Å²) in [7, 11) is 0. The summed E-state index contributed by atoms with van der Waals surface area (Å²) in [6.07, 6.45) is 2.93. The Balaban J connectivity index is 1.55. The van der Waals surface area contributed by atoms with Gasteiger partial charge in [-0.05, 0) is 49.9 Å². The van der Waals surface area contributed by atoms with Gasteiger partial charge in [-0.2, -0.15) is 8.78 Å². The van der Waals surface area contributed by atoms with E-state index in [1.54, 1.807) is 0 Å². The predicted molar refractivity (Wildman–Crippen MR) is 103 cm³/mol. The average Bonchev–Trinajstić information content (AvgIpc) is 2.72. The summed E-state index contributed by atoms with van der Waals surface area (Å²) in [5, 5.41) is 2.48. The number of ether oxygens (including phenoxy) is 1. The van der Waals surface area contributed by atoms with Crippen molar-refractivity contribution in [3.63, 3.8) is 0 Å². The molecule has 30 heavy (non-hydrogen) atoms. The van der Waals surface area contributed by atoms with Gasteiger partial charge in [-0.25, -0.2) is 4.79 Å². The van der Waals surface area contributed by atoms with E-state index >= 15 is 0 Å². The summed E-state index contributed by atoms with van der Waals surface area (Å²) < 4.78 is 29.9. The first-order chi connectivity index (χ1) is 14.3. The van der Waals surface area contributed by atoms with E-state index in [2.05, 4.69) is 15.0 Å². The monoisotopic (exact) mass is 421 g/mol. The van der Waals surface area contributed by atoms with E-state index in [0.717, 1.165) is 12.8 Å². The highest BCUT2D eigenvalue weighted by Crippen LogP contribution is 2.17. The molecule has 0 aliphatic heterocycles. The van der Waals surface area contributed by atoms with Crippen molar-refractivity contribution in [2.45, 2.75) is 45.3 Å². The third-order valence-corrected chi connectivity index (χ3v) is 4.91. The van der Waals surface area contributed by atoms with Crippen molar-refractivity contribution in [3.8, 4) is 5.75 Å². The van der Waals surface area contributed by atoms with Gasteiger partial charge in [0.25, 0.3) is 5.56 Å². The number of halogens is 2. The molecule has 3 rings (SSSR count). The molecule has 1 aromatic carbocycles. The van der Waals surface area contributed by atoms with Crippen LogP contribution in [-0.4, -0.2) is 34.4 Å². The molecule has 2 aromatic rings. The zero-order valence-electron chi connectivity index (χ0n) is 16.1. The number of aromatic nitrogens is 2. The molecule has 1 aromatic heterocycles. The minimum absolute atomic E-state index is 0.0349. The molecule has 0 fully saturated rings. The Bertz CT molecular complexity index is 1040. The zero-order chi connectivity index (χ0) is 21.7. The number of Topliss-reactive ketones (excluding diaryl/α,β-unsaturated/α-hetero) is 1. The van der Waals surface area contributed by atoms with Crippen molar-refractivity contribution < 1.29 is 23.1 Å². The van der Waals surface area contributed by atoms with E-state index in [1.165, 1.54) is 28.8 Å². The maximum atomic E-state index is 12.1. The third kappa shape index (κ3) is 5.19. The highest BCUT2D eigenvalue weighted by atomic mass is 19.3. The zero-order valence-corrected chi connectivity index (χ0v) is 16.1. The Morgan fingerprint density at radius 2 is 1.83 bits per heavy atom. The lowest BCUT2D eigenvalue weighted by molar-refractivity contribution is -0.121. The minimum atomic E-state index is -2.95. The fourth-order valence-electron chi connectivity index (χ4n) is 3.44. The van der Waals surface area contributed by atoms with Crippen molar-refractivity contribution in [3.05, 3.63) is 61.9 Å². The maximum absolute atomic E-state index is 12.1. The first-order valence-corrected chi connectivity index (χ1v) is 9.55. The number of hydrogen-bond acceptors (Lipinski definition) is 5. The van der Waals surface area contributed by atoms with Crippen molar-refractivity contribution in [1.82, 2.24) is 14.9 Å². The van der Waals surface area contributed by atoms with Gasteiger partial charge in [-0.1, -0.05) is 0 Å². The van der Waals surface area contributed by atoms with Crippen molar-refractivity contribution in [1.29, 1.82) is 0 Å². The quantitative estimate of drug-likeness (QED) is 0.627. The molecular formula is C20H21F2N3O5. The normalized spacial score (nSPS) is 13.0. The highest BCUT2D eigenvalue weighted by Gasteiger charge is 2.19. The number of carbonyl (C=O) groups excluding carboxylic acids is 2. The second kappa shape index (κ2) is 9.47. The fourth-order valence-corrected chi connectivity index (χ4v) is 3.44. The van der Waals surface area contributed by atoms with Crippen LogP contribution in [0.2, 0.25) is 0 Å². The van der Waals surface area contributed by atoms with Crippen LogP contribution in [0.25, 0.3) is 0 Å². The number of hydrogen-bond donors (Lipinski definition) is 2.